The van der Waals surface area contributed by atoms with E-state index < -0.39 is 24.3 Å². The van der Waals surface area contributed by atoms with Crippen molar-refractivity contribution in [3.63, 3.8) is 0 Å². The molecule has 15 heteroatoms. The van der Waals surface area contributed by atoms with E-state index in [1.165, 1.54) is 21.3 Å². The SMILES string of the molecule is COC[C@H](NC(=O)OC)C(=O)N1CCC[C@H]1c1ncc(-c2ccc(-c3ccc(-c4cnc([C@@H]5CCCN5C(=O)[C@@H](NC(=O)OC)C(C)C)[nH]4)cc3)cc2)[nH]1. The summed E-state index contributed by atoms with van der Waals surface area (Å²) in [5.41, 5.74) is 5.71. The number of H-pyrrole nitrogens is 2. The number of benzene rings is 2. The van der Waals surface area contributed by atoms with E-state index in [-0.39, 0.29) is 36.4 Å². The topological polar surface area (TPSA) is 184 Å². The van der Waals surface area contributed by atoms with Crippen LogP contribution in [0.3, 0.4) is 0 Å². The summed E-state index contributed by atoms with van der Waals surface area (Å²) in [6.45, 7) is 4.96. The van der Waals surface area contributed by atoms with Crippen molar-refractivity contribution >= 4 is 24.0 Å². The Labute approximate surface area is 314 Å². The van der Waals surface area contributed by atoms with Gasteiger partial charge in [-0.25, -0.2) is 19.6 Å². The van der Waals surface area contributed by atoms with E-state index in [0.717, 1.165) is 65.1 Å². The van der Waals surface area contributed by atoms with Gasteiger partial charge in [0.25, 0.3) is 0 Å². The molecule has 0 spiro atoms. The Morgan fingerprint density at radius 3 is 1.59 bits per heavy atom. The minimum absolute atomic E-state index is 0.0291. The smallest absolute Gasteiger partial charge is 0.407 e. The van der Waals surface area contributed by atoms with Gasteiger partial charge in [0, 0.05) is 20.2 Å². The van der Waals surface area contributed by atoms with Crippen LogP contribution < -0.4 is 10.6 Å². The molecule has 2 aliphatic rings. The molecule has 2 aromatic carbocycles. The molecule has 0 bridgehead atoms. The second kappa shape index (κ2) is 17.0. The van der Waals surface area contributed by atoms with Crippen LogP contribution in [-0.2, 0) is 23.8 Å². The lowest BCUT2D eigenvalue weighted by molar-refractivity contribution is -0.136. The number of imidazole rings is 2. The number of likely N-dealkylation sites (tertiary alicyclic amines) is 2. The van der Waals surface area contributed by atoms with Crippen molar-refractivity contribution in [2.24, 2.45) is 5.92 Å². The molecule has 15 nitrogen and oxygen atoms in total. The number of nitrogens with zero attached hydrogens (tertiary/aromatic N) is 4. The molecule has 286 valence electrons. The maximum absolute atomic E-state index is 13.5. The van der Waals surface area contributed by atoms with E-state index in [4.69, 9.17) is 14.2 Å². The molecule has 4 amide bonds. The van der Waals surface area contributed by atoms with Crippen LogP contribution >= 0.6 is 0 Å². The van der Waals surface area contributed by atoms with E-state index in [1.54, 1.807) is 22.2 Å². The standard InChI is InChI=1S/C39H48N8O7/c1-23(2)33(45-39(51)54-5)37(49)47-19-7-9-32(47)35-41-21-29(43-35)27-16-12-25(13-17-27)24-10-14-26(15-11-24)28-20-40-34(42-28)31-8-6-18-46(31)36(48)30(22-52-3)44-38(50)53-4/h10-17,20-21,23,30-33H,6-9,18-19,22H2,1-5H3,(H,40,42)(H,41,43)(H,44,50)(H,45,51)/t30-,31-,32-,33-/m0/s1. The van der Waals surface area contributed by atoms with Crippen LogP contribution in [0.5, 0.6) is 0 Å². The van der Waals surface area contributed by atoms with Crippen molar-refractivity contribution in [1.29, 1.82) is 0 Å². The fourth-order valence-corrected chi connectivity index (χ4v) is 7.24. The van der Waals surface area contributed by atoms with Crippen molar-refractivity contribution in [2.75, 3.05) is 41.0 Å². The van der Waals surface area contributed by atoms with Crippen molar-refractivity contribution in [3.8, 4) is 33.6 Å². The second-order valence-corrected chi connectivity index (χ2v) is 13.9. The summed E-state index contributed by atoms with van der Waals surface area (Å²) < 4.78 is 14.6. The molecule has 2 fully saturated rings. The number of carbonyl (C=O) groups excluding carboxylic acids is 4. The monoisotopic (exact) mass is 740 g/mol. The number of rotatable bonds is 12. The maximum atomic E-state index is 13.5. The van der Waals surface area contributed by atoms with E-state index in [2.05, 4.69) is 54.8 Å². The highest BCUT2D eigenvalue weighted by Crippen LogP contribution is 2.35. The zero-order valence-electron chi connectivity index (χ0n) is 31.3. The summed E-state index contributed by atoms with van der Waals surface area (Å²) in [4.78, 5) is 70.4. The van der Waals surface area contributed by atoms with E-state index in [0.29, 0.717) is 18.9 Å². The molecular weight excluding hydrogens is 692 g/mol. The van der Waals surface area contributed by atoms with Crippen LogP contribution in [0, 0.1) is 5.92 Å². The predicted octanol–water partition coefficient (Wildman–Crippen LogP) is 5.21. The van der Waals surface area contributed by atoms with Gasteiger partial charge >= 0.3 is 12.2 Å². The van der Waals surface area contributed by atoms with Gasteiger partial charge in [-0.15, -0.1) is 0 Å². The number of methoxy groups -OCH3 is 3. The Bertz CT molecular complexity index is 1920. The zero-order valence-corrected chi connectivity index (χ0v) is 31.3. The van der Waals surface area contributed by atoms with Gasteiger partial charge in [-0.1, -0.05) is 62.4 Å². The first-order chi connectivity index (χ1) is 26.1. The van der Waals surface area contributed by atoms with E-state index >= 15 is 0 Å². The first kappa shape index (κ1) is 38.0. The van der Waals surface area contributed by atoms with Crippen LogP contribution in [0.15, 0.2) is 60.9 Å². The average molecular weight is 741 g/mol. The average Bonchev–Trinajstić information content (AvgIpc) is 4.03. The molecule has 4 N–H and O–H groups in total. The predicted molar refractivity (Wildman–Crippen MR) is 200 cm³/mol. The molecule has 54 heavy (non-hydrogen) atoms. The van der Waals surface area contributed by atoms with Crippen LogP contribution in [0.1, 0.15) is 63.3 Å². The Balaban J connectivity index is 1.10. The number of nitrogens with one attached hydrogen (secondary N) is 4. The molecule has 2 saturated heterocycles. The lowest BCUT2D eigenvalue weighted by atomic mass is 10.0. The molecule has 2 aromatic heterocycles. The third-order valence-electron chi connectivity index (χ3n) is 10.1. The molecule has 0 radical (unpaired) electrons. The van der Waals surface area contributed by atoms with Crippen LogP contribution in [-0.4, -0.2) is 107 Å². The number of hydrogen-bond donors (Lipinski definition) is 4. The number of aromatic amines is 2. The van der Waals surface area contributed by atoms with E-state index in [1.807, 2.05) is 38.1 Å². The molecule has 2 aliphatic heterocycles. The summed E-state index contributed by atoms with van der Waals surface area (Å²) in [7, 11) is 4.02. The third-order valence-corrected chi connectivity index (χ3v) is 10.1. The van der Waals surface area contributed by atoms with Gasteiger partial charge in [0.05, 0.1) is 56.7 Å². The van der Waals surface area contributed by atoms with E-state index in [9.17, 15) is 19.2 Å². The molecule has 0 aliphatic carbocycles. The van der Waals surface area contributed by atoms with Crippen molar-refractivity contribution in [2.45, 2.75) is 63.7 Å². The maximum Gasteiger partial charge on any atom is 0.407 e. The number of alkyl carbamates (subject to hydrolysis) is 2. The van der Waals surface area contributed by atoms with Crippen LogP contribution in [0.4, 0.5) is 9.59 Å². The Kier molecular flexibility index (Phi) is 12.0. The van der Waals surface area contributed by atoms with Gasteiger partial charge in [0.1, 0.15) is 23.7 Å². The number of hydrogen-bond acceptors (Lipinski definition) is 9. The minimum Gasteiger partial charge on any atom is -0.453 e. The quantitative estimate of drug-likeness (QED) is 0.151. The highest BCUT2D eigenvalue weighted by Gasteiger charge is 2.38. The molecule has 0 saturated carbocycles. The fourth-order valence-electron chi connectivity index (χ4n) is 7.24. The van der Waals surface area contributed by atoms with Crippen LogP contribution in [0.2, 0.25) is 0 Å². The Morgan fingerprint density at radius 1 is 0.704 bits per heavy atom. The van der Waals surface area contributed by atoms with Gasteiger partial charge in [0.15, 0.2) is 0 Å². The molecule has 6 rings (SSSR count). The lowest BCUT2D eigenvalue weighted by Gasteiger charge is -2.30. The van der Waals surface area contributed by atoms with Crippen molar-refractivity contribution in [1.82, 2.24) is 40.4 Å². The van der Waals surface area contributed by atoms with Gasteiger partial charge in [-0.3, -0.25) is 9.59 Å². The lowest BCUT2D eigenvalue weighted by Crippen LogP contribution is -2.51. The van der Waals surface area contributed by atoms with Gasteiger partial charge in [-0.05, 0) is 53.9 Å². The fraction of sp³-hybridized carbons (Fsp3) is 0.436. The van der Waals surface area contributed by atoms with Gasteiger partial charge in [-0.2, -0.15) is 0 Å². The normalized spacial score (nSPS) is 18.0. The van der Waals surface area contributed by atoms with Gasteiger partial charge < -0.3 is 44.6 Å². The zero-order chi connectivity index (χ0) is 38.4. The molecule has 0 unspecified atom stereocenters. The van der Waals surface area contributed by atoms with Crippen molar-refractivity contribution in [3.05, 3.63) is 72.6 Å². The largest absolute Gasteiger partial charge is 0.453 e. The second-order valence-electron chi connectivity index (χ2n) is 13.9. The highest BCUT2D eigenvalue weighted by atomic mass is 16.5. The van der Waals surface area contributed by atoms with Gasteiger partial charge in [0.2, 0.25) is 11.8 Å². The summed E-state index contributed by atoms with van der Waals surface area (Å²) in [5, 5.41) is 5.26. The first-order valence-electron chi connectivity index (χ1n) is 18.2. The summed E-state index contributed by atoms with van der Waals surface area (Å²) >= 11 is 0. The molecule has 4 atom stereocenters. The first-order valence-corrected chi connectivity index (χ1v) is 18.2. The Morgan fingerprint density at radius 2 is 1.15 bits per heavy atom. The number of aromatic nitrogens is 4. The third kappa shape index (κ3) is 8.25. The van der Waals surface area contributed by atoms with Crippen LogP contribution in [0.25, 0.3) is 33.6 Å². The molecular formula is C39H48N8O7. The summed E-state index contributed by atoms with van der Waals surface area (Å²) in [6, 6.07) is 14.4. The number of carbonyl (C=O) groups is 4. The molecule has 4 heterocycles. The number of ether oxygens (including phenoxy) is 3. The molecule has 4 aromatic rings. The summed E-state index contributed by atoms with van der Waals surface area (Å²) in [6.07, 6.45) is 5.44. The highest BCUT2D eigenvalue weighted by molar-refractivity contribution is 5.87. The Hall–Kier alpha value is -5.70. The number of amides is 4. The summed E-state index contributed by atoms with van der Waals surface area (Å²) in [5.74, 6) is 0.911. The van der Waals surface area contributed by atoms with Crippen molar-refractivity contribution < 1.29 is 33.4 Å². The minimum atomic E-state index is -0.863.